The van der Waals surface area contributed by atoms with Gasteiger partial charge in [0.1, 0.15) is 5.75 Å². The third-order valence-electron chi connectivity index (χ3n) is 2.49. The van der Waals surface area contributed by atoms with E-state index in [2.05, 4.69) is 4.90 Å². The largest absolute Gasteiger partial charge is 0.429 e. The number of nitrogens with zero attached hydrogens (tertiary/aromatic N) is 1. The number of carbonyl (C=O) groups is 1. The highest BCUT2D eigenvalue weighted by Gasteiger charge is 2.11. The van der Waals surface area contributed by atoms with Crippen LogP contribution in [0.4, 0.5) is 5.69 Å². The number of carbonyl (C=O) groups excluding carboxylic acids is 1. The van der Waals surface area contributed by atoms with E-state index in [4.69, 9.17) is 4.74 Å². The molecule has 0 amide bonds. The summed E-state index contributed by atoms with van der Waals surface area (Å²) in [4.78, 5) is 12.4. The van der Waals surface area contributed by atoms with E-state index in [9.17, 15) is 4.79 Å². The molecule has 1 heterocycles. The van der Waals surface area contributed by atoms with Crippen molar-refractivity contribution in [3.05, 3.63) is 24.3 Å². The number of hydrogen-bond acceptors (Lipinski definition) is 3. The first-order valence-corrected chi connectivity index (χ1v) is 4.85. The summed E-state index contributed by atoms with van der Waals surface area (Å²) in [6, 6.07) is 7.62. The molecule has 1 aromatic rings. The lowest BCUT2D eigenvalue weighted by Crippen LogP contribution is -2.17. The molecule has 1 aliphatic heterocycles. The second-order valence-corrected chi connectivity index (χ2v) is 3.40. The highest BCUT2D eigenvalue weighted by Crippen LogP contribution is 2.22. The molecule has 0 aromatic heterocycles. The van der Waals surface area contributed by atoms with Gasteiger partial charge in [-0.15, -0.1) is 0 Å². The van der Waals surface area contributed by atoms with Gasteiger partial charge in [-0.2, -0.15) is 0 Å². The highest BCUT2D eigenvalue weighted by molar-refractivity contribution is 5.52. The Balaban J connectivity index is 2.08. The topological polar surface area (TPSA) is 29.5 Å². The van der Waals surface area contributed by atoms with Gasteiger partial charge in [-0.25, -0.2) is 0 Å². The van der Waals surface area contributed by atoms with Crippen molar-refractivity contribution in [2.45, 2.75) is 12.8 Å². The molecule has 0 atom stereocenters. The molecule has 74 valence electrons. The van der Waals surface area contributed by atoms with Gasteiger partial charge in [0, 0.05) is 18.8 Å². The van der Waals surface area contributed by atoms with Gasteiger partial charge in [-0.05, 0) is 37.1 Å². The fourth-order valence-electron chi connectivity index (χ4n) is 1.77. The first-order chi connectivity index (χ1) is 6.90. The van der Waals surface area contributed by atoms with E-state index in [1.54, 1.807) is 0 Å². The van der Waals surface area contributed by atoms with E-state index >= 15 is 0 Å². The van der Waals surface area contributed by atoms with Gasteiger partial charge in [-0.1, -0.05) is 0 Å². The van der Waals surface area contributed by atoms with Gasteiger partial charge in [0.2, 0.25) is 0 Å². The van der Waals surface area contributed by atoms with Crippen molar-refractivity contribution in [1.29, 1.82) is 0 Å². The minimum Gasteiger partial charge on any atom is -0.429 e. The van der Waals surface area contributed by atoms with E-state index in [0.717, 1.165) is 13.1 Å². The molecule has 1 aromatic carbocycles. The minimum absolute atomic E-state index is 0.449. The maximum Gasteiger partial charge on any atom is 0.298 e. The monoisotopic (exact) mass is 191 g/mol. The number of rotatable bonds is 3. The van der Waals surface area contributed by atoms with Crippen molar-refractivity contribution in [1.82, 2.24) is 0 Å². The van der Waals surface area contributed by atoms with Crippen LogP contribution >= 0.6 is 0 Å². The van der Waals surface area contributed by atoms with Crippen LogP contribution in [0, 0.1) is 0 Å². The molecule has 0 saturated carbocycles. The zero-order valence-corrected chi connectivity index (χ0v) is 7.98. The Bertz CT molecular complexity index is 302. The minimum atomic E-state index is 0.449. The molecular formula is C11H13NO2. The molecule has 0 N–H and O–H groups in total. The Kier molecular flexibility index (Phi) is 2.68. The van der Waals surface area contributed by atoms with Crippen LogP contribution < -0.4 is 9.64 Å². The summed E-state index contributed by atoms with van der Waals surface area (Å²) in [6.45, 7) is 2.71. The average molecular weight is 191 g/mol. The third kappa shape index (κ3) is 1.87. The Labute approximate surface area is 83.3 Å². The maximum absolute atomic E-state index is 10.1. The van der Waals surface area contributed by atoms with Crippen LogP contribution in [0.3, 0.4) is 0 Å². The van der Waals surface area contributed by atoms with Crippen molar-refractivity contribution >= 4 is 12.2 Å². The summed E-state index contributed by atoms with van der Waals surface area (Å²) in [5, 5.41) is 0. The lowest BCUT2D eigenvalue weighted by Gasteiger charge is -2.17. The molecule has 0 unspecified atom stereocenters. The van der Waals surface area contributed by atoms with E-state index in [1.807, 2.05) is 24.3 Å². The summed E-state index contributed by atoms with van der Waals surface area (Å²) in [5.41, 5.74) is 1.21. The smallest absolute Gasteiger partial charge is 0.298 e. The molecule has 14 heavy (non-hydrogen) atoms. The lowest BCUT2D eigenvalue weighted by atomic mass is 10.3. The zero-order valence-electron chi connectivity index (χ0n) is 7.98. The van der Waals surface area contributed by atoms with Crippen LogP contribution in [0.2, 0.25) is 0 Å². The first kappa shape index (κ1) is 9.06. The normalized spacial score (nSPS) is 15.6. The van der Waals surface area contributed by atoms with E-state index in [0.29, 0.717) is 12.2 Å². The first-order valence-electron chi connectivity index (χ1n) is 4.85. The fourth-order valence-corrected chi connectivity index (χ4v) is 1.77. The summed E-state index contributed by atoms with van der Waals surface area (Å²) >= 11 is 0. The average Bonchev–Trinajstić information content (AvgIpc) is 2.72. The molecule has 3 nitrogen and oxygen atoms in total. The van der Waals surface area contributed by atoms with Gasteiger partial charge >= 0.3 is 0 Å². The number of benzene rings is 1. The predicted octanol–water partition coefficient (Wildman–Crippen LogP) is 1.82. The summed E-state index contributed by atoms with van der Waals surface area (Å²) in [5.74, 6) is 0.600. The Hall–Kier alpha value is -1.51. The Morgan fingerprint density at radius 2 is 1.79 bits per heavy atom. The molecule has 3 heteroatoms. The van der Waals surface area contributed by atoms with Crippen molar-refractivity contribution in [3.8, 4) is 5.75 Å². The molecule has 0 aliphatic carbocycles. The van der Waals surface area contributed by atoms with Crippen LogP contribution in [0.5, 0.6) is 5.75 Å². The number of ether oxygens (including phenoxy) is 1. The van der Waals surface area contributed by atoms with Crippen molar-refractivity contribution in [3.63, 3.8) is 0 Å². The predicted molar refractivity (Wildman–Crippen MR) is 54.6 cm³/mol. The van der Waals surface area contributed by atoms with E-state index in [-0.39, 0.29) is 0 Å². The van der Waals surface area contributed by atoms with Crippen LogP contribution in [0.25, 0.3) is 0 Å². The van der Waals surface area contributed by atoms with Crippen molar-refractivity contribution in [2.75, 3.05) is 18.0 Å². The fraction of sp³-hybridized carbons (Fsp3) is 0.364. The Morgan fingerprint density at radius 3 is 2.36 bits per heavy atom. The molecule has 0 bridgehead atoms. The summed E-state index contributed by atoms with van der Waals surface area (Å²) < 4.78 is 4.72. The number of hydrogen-bond donors (Lipinski definition) is 0. The van der Waals surface area contributed by atoms with E-state index in [1.165, 1.54) is 18.5 Å². The molecule has 2 rings (SSSR count). The number of anilines is 1. The molecule has 1 fully saturated rings. The van der Waals surface area contributed by atoms with Gasteiger partial charge < -0.3 is 9.64 Å². The summed E-state index contributed by atoms with van der Waals surface area (Å²) in [7, 11) is 0. The van der Waals surface area contributed by atoms with Crippen LogP contribution in [0.15, 0.2) is 24.3 Å². The van der Waals surface area contributed by atoms with Crippen molar-refractivity contribution < 1.29 is 9.53 Å². The molecule has 1 saturated heterocycles. The maximum atomic E-state index is 10.1. The highest BCUT2D eigenvalue weighted by atomic mass is 16.5. The molecule has 0 spiro atoms. The van der Waals surface area contributed by atoms with Gasteiger partial charge in [0.05, 0.1) is 0 Å². The third-order valence-corrected chi connectivity index (χ3v) is 2.49. The standard InChI is InChI=1S/C11H13NO2/c13-9-14-11-5-3-10(4-6-11)12-7-1-2-8-12/h3-6,9H,1-2,7-8H2. The SMILES string of the molecule is O=COc1ccc(N2CCCC2)cc1. The second-order valence-electron chi connectivity index (χ2n) is 3.40. The van der Waals surface area contributed by atoms with Crippen LogP contribution in [-0.2, 0) is 4.79 Å². The van der Waals surface area contributed by atoms with Gasteiger partial charge in [0.25, 0.3) is 6.47 Å². The van der Waals surface area contributed by atoms with Crippen LogP contribution in [0.1, 0.15) is 12.8 Å². The van der Waals surface area contributed by atoms with Gasteiger partial charge in [-0.3, -0.25) is 4.79 Å². The van der Waals surface area contributed by atoms with Crippen molar-refractivity contribution in [2.24, 2.45) is 0 Å². The quantitative estimate of drug-likeness (QED) is 0.682. The van der Waals surface area contributed by atoms with Crippen LogP contribution in [-0.4, -0.2) is 19.6 Å². The molecule has 1 aliphatic rings. The summed E-state index contributed by atoms with van der Waals surface area (Å²) in [6.07, 6.45) is 2.54. The lowest BCUT2D eigenvalue weighted by molar-refractivity contribution is -0.120. The van der Waals surface area contributed by atoms with Gasteiger partial charge in [0.15, 0.2) is 0 Å². The Morgan fingerprint density at radius 1 is 1.14 bits per heavy atom. The second kappa shape index (κ2) is 4.13. The van der Waals surface area contributed by atoms with E-state index < -0.39 is 0 Å². The molecular weight excluding hydrogens is 178 g/mol. The zero-order chi connectivity index (χ0) is 9.80. The molecule has 0 radical (unpaired) electrons.